The maximum absolute atomic E-state index is 12.1. The largest absolute Gasteiger partial charge is 0.484 e. The Labute approximate surface area is 197 Å². The number of nitriles is 1. The Kier molecular flexibility index (Phi) is 6.55. The molecule has 2 N–H and O–H groups in total. The number of ether oxygens (including phenoxy) is 1. The van der Waals surface area contributed by atoms with Crippen molar-refractivity contribution in [2.24, 2.45) is 0 Å². The predicted molar refractivity (Wildman–Crippen MR) is 129 cm³/mol. The molecule has 32 heavy (non-hydrogen) atoms. The van der Waals surface area contributed by atoms with Gasteiger partial charge in [0.05, 0.1) is 27.3 Å². The number of anilines is 1. The molecule has 0 fully saturated rings. The van der Waals surface area contributed by atoms with Crippen molar-refractivity contribution in [1.29, 1.82) is 5.26 Å². The minimum Gasteiger partial charge on any atom is -0.484 e. The number of carbonyl (C=O) groups is 1. The molecule has 0 aliphatic rings. The summed E-state index contributed by atoms with van der Waals surface area (Å²) >= 11 is 9.43. The number of amides is 1. The molecule has 0 spiro atoms. The van der Waals surface area contributed by atoms with E-state index in [4.69, 9.17) is 16.3 Å². The summed E-state index contributed by atoms with van der Waals surface area (Å²) in [6.45, 7) is -0.163. The molecule has 0 aliphatic carbocycles. The van der Waals surface area contributed by atoms with Crippen molar-refractivity contribution in [3.05, 3.63) is 87.6 Å². The predicted octanol–water partition coefficient (Wildman–Crippen LogP) is 6.06. The molecular weight excluding hydrogens is 492 g/mol. The van der Waals surface area contributed by atoms with Gasteiger partial charge in [-0.1, -0.05) is 51.8 Å². The van der Waals surface area contributed by atoms with Crippen LogP contribution in [0.4, 0.5) is 5.69 Å². The van der Waals surface area contributed by atoms with Gasteiger partial charge in [0, 0.05) is 4.47 Å². The standard InChI is InChI=1S/C24H16BrClN4O2/c25-17-7-10-20(19(26)12-17)28-23(31)14-32-18-8-5-15(6-9-18)11-16(13-27)24-29-21-3-1-2-4-22(21)30-24/h1-12H,14H2,(H,28,31)(H,29,30). The molecule has 0 saturated carbocycles. The lowest BCUT2D eigenvalue weighted by Gasteiger charge is -2.09. The molecule has 8 heteroatoms. The molecular formula is C24H16BrClN4O2. The number of rotatable bonds is 6. The highest BCUT2D eigenvalue weighted by Gasteiger charge is 2.09. The number of H-pyrrole nitrogens is 1. The maximum Gasteiger partial charge on any atom is 0.262 e. The molecule has 0 radical (unpaired) electrons. The summed E-state index contributed by atoms with van der Waals surface area (Å²) in [5, 5.41) is 12.7. The van der Waals surface area contributed by atoms with Crippen molar-refractivity contribution in [3.63, 3.8) is 0 Å². The molecule has 0 unspecified atom stereocenters. The van der Waals surface area contributed by atoms with Crippen LogP contribution in [0.2, 0.25) is 5.02 Å². The number of imidazole rings is 1. The van der Waals surface area contributed by atoms with Crippen molar-refractivity contribution in [2.75, 3.05) is 11.9 Å². The van der Waals surface area contributed by atoms with Crippen LogP contribution >= 0.6 is 27.5 Å². The normalized spacial score (nSPS) is 11.2. The number of fused-ring (bicyclic) bond motifs is 1. The van der Waals surface area contributed by atoms with Gasteiger partial charge >= 0.3 is 0 Å². The number of nitrogens with zero attached hydrogens (tertiary/aromatic N) is 2. The molecule has 158 valence electrons. The zero-order valence-electron chi connectivity index (χ0n) is 16.6. The van der Waals surface area contributed by atoms with Crippen molar-refractivity contribution in [2.45, 2.75) is 0 Å². The fourth-order valence-corrected chi connectivity index (χ4v) is 3.71. The summed E-state index contributed by atoms with van der Waals surface area (Å²) in [6.07, 6.45) is 1.74. The Morgan fingerprint density at radius 1 is 1.19 bits per heavy atom. The summed E-state index contributed by atoms with van der Waals surface area (Å²) in [6, 6.07) is 22.1. The molecule has 0 saturated heterocycles. The zero-order valence-corrected chi connectivity index (χ0v) is 18.9. The van der Waals surface area contributed by atoms with Crippen LogP contribution in [0.25, 0.3) is 22.7 Å². The van der Waals surface area contributed by atoms with Gasteiger partial charge in [-0.3, -0.25) is 4.79 Å². The lowest BCUT2D eigenvalue weighted by molar-refractivity contribution is -0.118. The highest BCUT2D eigenvalue weighted by molar-refractivity contribution is 9.10. The Morgan fingerprint density at radius 2 is 1.97 bits per heavy atom. The fourth-order valence-electron chi connectivity index (χ4n) is 2.99. The summed E-state index contributed by atoms with van der Waals surface area (Å²) in [7, 11) is 0. The third kappa shape index (κ3) is 5.17. The molecule has 0 aliphatic heterocycles. The van der Waals surface area contributed by atoms with E-state index in [-0.39, 0.29) is 12.5 Å². The number of halogens is 2. The lowest BCUT2D eigenvalue weighted by atomic mass is 10.1. The van der Waals surface area contributed by atoms with Crippen molar-refractivity contribution in [1.82, 2.24) is 9.97 Å². The number of aromatic amines is 1. The second-order valence-corrected chi connectivity index (χ2v) is 8.13. The summed E-state index contributed by atoms with van der Waals surface area (Å²) in [4.78, 5) is 19.8. The number of hydrogen-bond donors (Lipinski definition) is 2. The first-order valence-corrected chi connectivity index (χ1v) is 10.7. The first-order valence-electron chi connectivity index (χ1n) is 9.56. The van der Waals surface area contributed by atoms with Gasteiger partial charge in [-0.05, 0) is 54.1 Å². The van der Waals surface area contributed by atoms with Gasteiger partial charge in [-0.15, -0.1) is 0 Å². The van der Waals surface area contributed by atoms with Crippen LogP contribution in [0.5, 0.6) is 5.75 Å². The first-order chi connectivity index (χ1) is 15.5. The number of para-hydroxylation sites is 2. The molecule has 0 bridgehead atoms. The van der Waals surface area contributed by atoms with E-state index in [0.29, 0.717) is 27.9 Å². The fraction of sp³-hybridized carbons (Fsp3) is 0.0417. The Bertz CT molecular complexity index is 1320. The molecule has 3 aromatic carbocycles. The minimum absolute atomic E-state index is 0.163. The molecule has 1 aromatic heterocycles. The second kappa shape index (κ2) is 9.69. The third-order valence-electron chi connectivity index (χ3n) is 4.53. The molecule has 6 nitrogen and oxygen atoms in total. The van der Waals surface area contributed by atoms with Crippen molar-refractivity contribution in [3.8, 4) is 11.8 Å². The van der Waals surface area contributed by atoms with E-state index in [1.807, 2.05) is 24.3 Å². The van der Waals surface area contributed by atoms with E-state index >= 15 is 0 Å². The number of nitrogens with one attached hydrogen (secondary N) is 2. The highest BCUT2D eigenvalue weighted by Crippen LogP contribution is 2.26. The van der Waals surface area contributed by atoms with Crippen molar-refractivity contribution >= 4 is 61.8 Å². The third-order valence-corrected chi connectivity index (χ3v) is 5.34. The van der Waals surface area contributed by atoms with Crippen LogP contribution in [0.1, 0.15) is 11.4 Å². The summed E-state index contributed by atoms with van der Waals surface area (Å²) < 4.78 is 6.37. The van der Waals surface area contributed by atoms with Crippen LogP contribution in [-0.4, -0.2) is 22.5 Å². The lowest BCUT2D eigenvalue weighted by Crippen LogP contribution is -2.20. The number of carbonyl (C=O) groups excluding carboxylic acids is 1. The van der Waals surface area contributed by atoms with Gasteiger partial charge in [0.1, 0.15) is 17.6 Å². The Hall–Kier alpha value is -3.60. The topological polar surface area (TPSA) is 90.8 Å². The number of allylic oxidation sites excluding steroid dienone is 1. The second-order valence-electron chi connectivity index (χ2n) is 6.80. The minimum atomic E-state index is -0.324. The van der Waals surface area contributed by atoms with Gasteiger partial charge in [-0.2, -0.15) is 5.26 Å². The van der Waals surface area contributed by atoms with Gasteiger partial charge < -0.3 is 15.0 Å². The SMILES string of the molecule is N#CC(=Cc1ccc(OCC(=O)Nc2ccc(Br)cc2Cl)cc1)c1nc2ccccc2[nH]1. The van der Waals surface area contributed by atoms with E-state index in [1.54, 1.807) is 48.5 Å². The van der Waals surface area contributed by atoms with E-state index < -0.39 is 0 Å². The summed E-state index contributed by atoms with van der Waals surface area (Å²) in [5.74, 6) is 0.716. The van der Waals surface area contributed by atoms with Gasteiger partial charge in [0.25, 0.3) is 5.91 Å². The first kappa shape index (κ1) is 21.6. The van der Waals surface area contributed by atoms with Crippen LogP contribution in [0.15, 0.2) is 71.2 Å². The summed E-state index contributed by atoms with van der Waals surface area (Å²) in [5.41, 5.74) is 3.41. The van der Waals surface area contributed by atoms with E-state index in [1.165, 1.54) is 0 Å². The van der Waals surface area contributed by atoms with Crippen LogP contribution in [0.3, 0.4) is 0 Å². The molecule has 4 rings (SSSR count). The quantitative estimate of drug-likeness (QED) is 0.310. The Morgan fingerprint density at radius 3 is 2.69 bits per heavy atom. The van der Waals surface area contributed by atoms with Crippen LogP contribution in [0, 0.1) is 11.3 Å². The highest BCUT2D eigenvalue weighted by atomic mass is 79.9. The monoisotopic (exact) mass is 506 g/mol. The van der Waals surface area contributed by atoms with Gasteiger partial charge in [0.2, 0.25) is 0 Å². The number of benzene rings is 3. The Balaban J connectivity index is 1.40. The maximum atomic E-state index is 12.1. The zero-order chi connectivity index (χ0) is 22.5. The number of aromatic nitrogens is 2. The number of hydrogen-bond acceptors (Lipinski definition) is 4. The smallest absolute Gasteiger partial charge is 0.262 e. The van der Waals surface area contributed by atoms with E-state index in [2.05, 4.69) is 37.3 Å². The van der Waals surface area contributed by atoms with Gasteiger partial charge in [-0.25, -0.2) is 4.98 Å². The van der Waals surface area contributed by atoms with Crippen molar-refractivity contribution < 1.29 is 9.53 Å². The van der Waals surface area contributed by atoms with E-state index in [0.717, 1.165) is 21.1 Å². The van der Waals surface area contributed by atoms with Gasteiger partial charge in [0.15, 0.2) is 6.61 Å². The molecule has 1 amide bonds. The average Bonchev–Trinajstić information content (AvgIpc) is 3.23. The molecule has 0 atom stereocenters. The van der Waals surface area contributed by atoms with Crippen LogP contribution in [-0.2, 0) is 4.79 Å². The van der Waals surface area contributed by atoms with E-state index in [9.17, 15) is 10.1 Å². The molecule has 4 aromatic rings. The average molecular weight is 508 g/mol. The van der Waals surface area contributed by atoms with Crippen LogP contribution < -0.4 is 10.1 Å². The molecule has 1 heterocycles.